The fourth-order valence-corrected chi connectivity index (χ4v) is 2.89. The Balaban J connectivity index is 2.00. The van der Waals surface area contributed by atoms with Crippen LogP contribution in [-0.2, 0) is 16.1 Å². The van der Waals surface area contributed by atoms with Crippen molar-refractivity contribution in [2.45, 2.75) is 47.2 Å². The molecule has 2 rings (SSSR count). The Morgan fingerprint density at radius 1 is 0.900 bits per heavy atom. The molecule has 0 bridgehead atoms. The van der Waals surface area contributed by atoms with Crippen LogP contribution in [0.5, 0.6) is 0 Å². The summed E-state index contributed by atoms with van der Waals surface area (Å²) in [5.41, 5.74) is 3.06. The van der Waals surface area contributed by atoms with E-state index in [1.54, 1.807) is 12.1 Å². The predicted molar refractivity (Wildman–Crippen MR) is 119 cm³/mol. The molecular weight excluding hydrogens is 378 g/mol. The Labute approximate surface area is 178 Å². The third-order valence-corrected chi connectivity index (χ3v) is 4.70. The molecule has 0 aromatic heterocycles. The molecule has 6 heteroatoms. The van der Waals surface area contributed by atoms with Crippen LogP contribution in [0.25, 0.3) is 0 Å². The molecule has 3 N–H and O–H groups in total. The Bertz CT molecular complexity index is 906. The zero-order valence-electron chi connectivity index (χ0n) is 18.3. The van der Waals surface area contributed by atoms with Crippen molar-refractivity contribution in [3.05, 3.63) is 65.2 Å². The average Bonchev–Trinajstić information content (AvgIpc) is 2.70. The van der Waals surface area contributed by atoms with E-state index >= 15 is 0 Å². The molecule has 1 atom stereocenters. The number of benzene rings is 2. The highest BCUT2D eigenvalue weighted by molar-refractivity contribution is 5.97. The molecule has 30 heavy (non-hydrogen) atoms. The zero-order chi connectivity index (χ0) is 22.3. The second-order valence-corrected chi connectivity index (χ2v) is 8.13. The first-order valence-electron chi connectivity index (χ1n) is 10.2. The Kier molecular flexibility index (Phi) is 8.16. The summed E-state index contributed by atoms with van der Waals surface area (Å²) < 4.78 is 0. The van der Waals surface area contributed by atoms with Gasteiger partial charge in [-0.1, -0.05) is 57.5 Å². The van der Waals surface area contributed by atoms with Crippen LogP contribution in [0.3, 0.4) is 0 Å². The van der Waals surface area contributed by atoms with Crippen molar-refractivity contribution in [2.75, 3.05) is 5.32 Å². The minimum absolute atomic E-state index is 0.0603. The molecule has 0 aliphatic heterocycles. The van der Waals surface area contributed by atoms with Crippen LogP contribution < -0.4 is 16.0 Å². The SMILES string of the molecule is Cc1cccc(C(=O)NC(C(=O)NCc2cccc(NC(=O)C(C)C)c2)C(C)C)c1. The van der Waals surface area contributed by atoms with Crippen molar-refractivity contribution in [2.24, 2.45) is 11.8 Å². The van der Waals surface area contributed by atoms with Gasteiger partial charge in [0.05, 0.1) is 0 Å². The highest BCUT2D eigenvalue weighted by Crippen LogP contribution is 2.13. The number of amides is 3. The maximum absolute atomic E-state index is 12.7. The lowest BCUT2D eigenvalue weighted by atomic mass is 10.0. The summed E-state index contributed by atoms with van der Waals surface area (Å²) in [6.45, 7) is 9.66. The molecular formula is C24H31N3O3. The monoisotopic (exact) mass is 409 g/mol. The molecule has 2 aromatic rings. The van der Waals surface area contributed by atoms with E-state index in [-0.39, 0.29) is 29.6 Å². The summed E-state index contributed by atoms with van der Waals surface area (Å²) >= 11 is 0. The first-order valence-corrected chi connectivity index (χ1v) is 10.2. The van der Waals surface area contributed by atoms with Crippen LogP contribution in [0, 0.1) is 18.8 Å². The van der Waals surface area contributed by atoms with E-state index in [4.69, 9.17) is 0 Å². The van der Waals surface area contributed by atoms with Crippen molar-refractivity contribution in [3.8, 4) is 0 Å². The maximum atomic E-state index is 12.7. The van der Waals surface area contributed by atoms with Crippen molar-refractivity contribution in [1.82, 2.24) is 10.6 Å². The summed E-state index contributed by atoms with van der Waals surface area (Å²) in [6, 6.07) is 14.0. The third kappa shape index (κ3) is 6.72. The van der Waals surface area contributed by atoms with Gasteiger partial charge in [-0.15, -0.1) is 0 Å². The molecule has 0 aliphatic rings. The molecule has 0 spiro atoms. The fourth-order valence-electron chi connectivity index (χ4n) is 2.89. The van der Waals surface area contributed by atoms with Gasteiger partial charge in [-0.25, -0.2) is 0 Å². The summed E-state index contributed by atoms with van der Waals surface area (Å²) in [6.07, 6.45) is 0. The number of aryl methyl sites for hydroxylation is 1. The number of hydrogen-bond donors (Lipinski definition) is 3. The summed E-state index contributed by atoms with van der Waals surface area (Å²) in [5.74, 6) is -0.768. The molecule has 0 fully saturated rings. The molecule has 6 nitrogen and oxygen atoms in total. The van der Waals surface area contributed by atoms with Gasteiger partial charge in [-0.2, -0.15) is 0 Å². The first kappa shape index (κ1) is 23.1. The van der Waals surface area contributed by atoms with Gasteiger partial charge < -0.3 is 16.0 Å². The minimum atomic E-state index is -0.651. The second-order valence-electron chi connectivity index (χ2n) is 8.13. The number of carbonyl (C=O) groups excluding carboxylic acids is 3. The molecule has 0 radical (unpaired) electrons. The fraction of sp³-hybridized carbons (Fsp3) is 0.375. The van der Waals surface area contributed by atoms with Crippen molar-refractivity contribution < 1.29 is 14.4 Å². The zero-order valence-corrected chi connectivity index (χ0v) is 18.3. The summed E-state index contributed by atoms with van der Waals surface area (Å²) in [5, 5.41) is 8.57. The number of anilines is 1. The minimum Gasteiger partial charge on any atom is -0.350 e. The first-order chi connectivity index (χ1) is 14.2. The van der Waals surface area contributed by atoms with Gasteiger partial charge in [0.2, 0.25) is 11.8 Å². The molecule has 160 valence electrons. The van der Waals surface area contributed by atoms with Gasteiger partial charge in [-0.05, 0) is 42.7 Å². The topological polar surface area (TPSA) is 87.3 Å². The van der Waals surface area contributed by atoms with Crippen LogP contribution >= 0.6 is 0 Å². The molecule has 1 unspecified atom stereocenters. The molecule has 0 saturated heterocycles. The van der Waals surface area contributed by atoms with Crippen LogP contribution in [-0.4, -0.2) is 23.8 Å². The number of rotatable bonds is 8. The van der Waals surface area contributed by atoms with Gasteiger partial charge >= 0.3 is 0 Å². The van der Waals surface area contributed by atoms with Gasteiger partial charge in [-0.3, -0.25) is 14.4 Å². The lowest BCUT2D eigenvalue weighted by Crippen LogP contribution is -2.49. The lowest BCUT2D eigenvalue weighted by molar-refractivity contribution is -0.124. The van der Waals surface area contributed by atoms with E-state index in [0.717, 1.165) is 11.1 Å². The largest absolute Gasteiger partial charge is 0.350 e. The van der Waals surface area contributed by atoms with Gasteiger partial charge in [0.1, 0.15) is 6.04 Å². The predicted octanol–water partition coefficient (Wildman–Crippen LogP) is 3.66. The van der Waals surface area contributed by atoms with E-state index in [1.165, 1.54) is 0 Å². The van der Waals surface area contributed by atoms with E-state index in [2.05, 4.69) is 16.0 Å². The molecule has 0 saturated carbocycles. The van der Waals surface area contributed by atoms with Gasteiger partial charge in [0.25, 0.3) is 5.91 Å². The lowest BCUT2D eigenvalue weighted by Gasteiger charge is -2.22. The van der Waals surface area contributed by atoms with Gasteiger partial charge in [0, 0.05) is 23.7 Å². The highest BCUT2D eigenvalue weighted by atomic mass is 16.2. The van der Waals surface area contributed by atoms with E-state index in [1.807, 2.05) is 71.0 Å². The van der Waals surface area contributed by atoms with Crippen molar-refractivity contribution in [3.63, 3.8) is 0 Å². The standard InChI is InChI=1S/C24H31N3O3/c1-15(2)21(27-23(29)19-10-6-8-17(5)12-19)24(30)25-14-18-9-7-11-20(13-18)26-22(28)16(3)4/h6-13,15-16,21H,14H2,1-5H3,(H,25,30)(H,26,28)(H,27,29). The van der Waals surface area contributed by atoms with Gasteiger partial charge in [0.15, 0.2) is 0 Å². The second kappa shape index (κ2) is 10.6. The van der Waals surface area contributed by atoms with Crippen molar-refractivity contribution in [1.29, 1.82) is 0 Å². The third-order valence-electron chi connectivity index (χ3n) is 4.70. The van der Waals surface area contributed by atoms with Crippen LogP contribution in [0.2, 0.25) is 0 Å². The van der Waals surface area contributed by atoms with Crippen LogP contribution in [0.15, 0.2) is 48.5 Å². The summed E-state index contributed by atoms with van der Waals surface area (Å²) in [7, 11) is 0. The summed E-state index contributed by atoms with van der Waals surface area (Å²) in [4.78, 5) is 37.2. The Hall–Kier alpha value is -3.15. The smallest absolute Gasteiger partial charge is 0.251 e. The number of nitrogens with one attached hydrogen (secondary N) is 3. The van der Waals surface area contributed by atoms with Crippen molar-refractivity contribution >= 4 is 23.4 Å². The molecule has 0 aliphatic carbocycles. The van der Waals surface area contributed by atoms with Crippen LogP contribution in [0.1, 0.15) is 49.2 Å². The van der Waals surface area contributed by atoms with Crippen LogP contribution in [0.4, 0.5) is 5.69 Å². The average molecular weight is 410 g/mol. The molecule has 2 aromatic carbocycles. The number of hydrogen-bond acceptors (Lipinski definition) is 3. The van der Waals surface area contributed by atoms with E-state index in [0.29, 0.717) is 17.8 Å². The highest BCUT2D eigenvalue weighted by Gasteiger charge is 2.24. The Morgan fingerprint density at radius 2 is 1.60 bits per heavy atom. The molecule has 0 heterocycles. The quantitative estimate of drug-likeness (QED) is 0.622. The van der Waals surface area contributed by atoms with E-state index in [9.17, 15) is 14.4 Å². The van der Waals surface area contributed by atoms with E-state index < -0.39 is 6.04 Å². The maximum Gasteiger partial charge on any atom is 0.251 e. The normalized spacial score (nSPS) is 11.8. The molecule has 3 amide bonds. The Morgan fingerprint density at radius 3 is 2.23 bits per heavy atom. The number of carbonyl (C=O) groups is 3.